The maximum atomic E-state index is 10.8. The van der Waals surface area contributed by atoms with Gasteiger partial charge < -0.3 is 9.84 Å². The number of aromatic amines is 1. The van der Waals surface area contributed by atoms with Gasteiger partial charge in [-0.1, -0.05) is 0 Å². The first kappa shape index (κ1) is 11.2. The van der Waals surface area contributed by atoms with Gasteiger partial charge in [-0.15, -0.1) is 5.10 Å². The molecule has 88 valence electrons. The highest BCUT2D eigenvalue weighted by Gasteiger charge is 2.08. The Morgan fingerprint density at radius 2 is 2.12 bits per heavy atom. The van der Waals surface area contributed by atoms with Crippen LogP contribution in [0.1, 0.15) is 21.6 Å². The highest BCUT2D eigenvalue weighted by molar-refractivity contribution is 5.88. The van der Waals surface area contributed by atoms with E-state index in [2.05, 4.69) is 10.2 Å². The van der Waals surface area contributed by atoms with Crippen LogP contribution in [-0.4, -0.2) is 21.3 Å². The number of nitrogens with one attached hydrogen (secondary N) is 1. The minimum Gasteiger partial charge on any atom is -0.478 e. The van der Waals surface area contributed by atoms with Gasteiger partial charge in [-0.25, -0.2) is 4.79 Å². The number of benzene rings is 1. The minimum absolute atomic E-state index is 0.244. The number of aryl methyl sites for hydroxylation is 2. The summed E-state index contributed by atoms with van der Waals surface area (Å²) >= 11 is 0. The monoisotopic (exact) mass is 232 g/mol. The van der Waals surface area contributed by atoms with Gasteiger partial charge in [0.2, 0.25) is 5.88 Å². The topological polar surface area (TPSA) is 75.2 Å². The molecule has 0 spiro atoms. The third-order valence-electron chi connectivity index (χ3n) is 2.32. The first-order valence-electron chi connectivity index (χ1n) is 5.10. The van der Waals surface area contributed by atoms with Crippen LogP contribution in [0.2, 0.25) is 0 Å². The maximum absolute atomic E-state index is 10.8. The Kier molecular flexibility index (Phi) is 2.82. The van der Waals surface area contributed by atoms with Crippen LogP contribution in [-0.2, 0) is 0 Å². The molecule has 0 atom stereocenters. The molecule has 5 nitrogen and oxygen atoms in total. The second-order valence-electron chi connectivity index (χ2n) is 3.78. The first-order chi connectivity index (χ1) is 8.06. The summed E-state index contributed by atoms with van der Waals surface area (Å²) in [6, 6.07) is 6.47. The third-order valence-corrected chi connectivity index (χ3v) is 2.32. The molecule has 0 bridgehead atoms. The van der Waals surface area contributed by atoms with Crippen LogP contribution in [0, 0.1) is 13.8 Å². The zero-order valence-corrected chi connectivity index (χ0v) is 9.52. The second-order valence-corrected chi connectivity index (χ2v) is 3.78. The second kappa shape index (κ2) is 4.29. The van der Waals surface area contributed by atoms with Crippen molar-refractivity contribution in [3.8, 4) is 11.6 Å². The number of H-pyrrole nitrogens is 1. The van der Waals surface area contributed by atoms with Gasteiger partial charge in [0.25, 0.3) is 0 Å². The quantitative estimate of drug-likeness (QED) is 0.852. The summed E-state index contributed by atoms with van der Waals surface area (Å²) in [6.07, 6.45) is 0. The summed E-state index contributed by atoms with van der Waals surface area (Å²) in [4.78, 5) is 10.8. The molecule has 0 radical (unpaired) electrons. The standard InChI is InChI=1S/C12H12N2O3/c1-7-5-9(12(15)16)3-4-10(7)17-11-6-8(2)13-14-11/h3-6H,1-2H3,(H,13,14)(H,15,16). The average Bonchev–Trinajstić information content (AvgIpc) is 2.67. The molecular formula is C12H12N2O3. The smallest absolute Gasteiger partial charge is 0.335 e. The van der Waals surface area contributed by atoms with Gasteiger partial charge >= 0.3 is 5.97 Å². The molecule has 2 rings (SSSR count). The van der Waals surface area contributed by atoms with Crippen LogP contribution < -0.4 is 4.74 Å². The van der Waals surface area contributed by atoms with Crippen LogP contribution in [0.3, 0.4) is 0 Å². The van der Waals surface area contributed by atoms with E-state index >= 15 is 0 Å². The molecule has 2 N–H and O–H groups in total. The molecule has 0 amide bonds. The highest BCUT2D eigenvalue weighted by atomic mass is 16.5. The van der Waals surface area contributed by atoms with Crippen molar-refractivity contribution in [2.45, 2.75) is 13.8 Å². The van der Waals surface area contributed by atoms with Crippen molar-refractivity contribution in [3.05, 3.63) is 41.1 Å². The van der Waals surface area contributed by atoms with Crippen LogP contribution >= 0.6 is 0 Å². The molecular weight excluding hydrogens is 220 g/mol. The number of hydrogen-bond donors (Lipinski definition) is 2. The average molecular weight is 232 g/mol. The Labute approximate surface area is 98.0 Å². The Hall–Kier alpha value is -2.30. The lowest BCUT2D eigenvalue weighted by Crippen LogP contribution is -1.97. The Balaban J connectivity index is 2.25. The summed E-state index contributed by atoms with van der Waals surface area (Å²) in [5.41, 5.74) is 1.90. The van der Waals surface area contributed by atoms with Gasteiger partial charge in [0.15, 0.2) is 0 Å². The van der Waals surface area contributed by atoms with E-state index in [1.807, 2.05) is 6.92 Å². The fraction of sp³-hybridized carbons (Fsp3) is 0.167. The molecule has 0 aliphatic rings. The van der Waals surface area contributed by atoms with Crippen molar-refractivity contribution < 1.29 is 14.6 Å². The van der Waals surface area contributed by atoms with E-state index in [0.717, 1.165) is 11.3 Å². The number of rotatable bonds is 3. The number of carboxylic acids is 1. The van der Waals surface area contributed by atoms with E-state index in [0.29, 0.717) is 11.6 Å². The maximum Gasteiger partial charge on any atom is 0.335 e. The molecule has 0 fully saturated rings. The fourth-order valence-electron chi connectivity index (χ4n) is 1.45. The molecule has 0 unspecified atom stereocenters. The van der Waals surface area contributed by atoms with Crippen molar-refractivity contribution in [1.82, 2.24) is 10.2 Å². The van der Waals surface area contributed by atoms with Gasteiger partial charge in [0.1, 0.15) is 5.75 Å². The van der Waals surface area contributed by atoms with Gasteiger partial charge in [-0.05, 0) is 37.6 Å². The molecule has 17 heavy (non-hydrogen) atoms. The molecule has 1 aromatic carbocycles. The van der Waals surface area contributed by atoms with Crippen LogP contribution in [0.4, 0.5) is 0 Å². The SMILES string of the molecule is Cc1cc(Oc2ccc(C(=O)O)cc2C)n[nH]1. The third kappa shape index (κ3) is 2.44. The molecule has 5 heteroatoms. The molecule has 0 saturated carbocycles. The van der Waals surface area contributed by atoms with Gasteiger partial charge in [-0.3, -0.25) is 5.10 Å². The summed E-state index contributed by atoms with van der Waals surface area (Å²) in [6.45, 7) is 3.67. The van der Waals surface area contributed by atoms with Gasteiger partial charge in [-0.2, -0.15) is 0 Å². The normalized spacial score (nSPS) is 10.2. The summed E-state index contributed by atoms with van der Waals surface area (Å²) in [5, 5.41) is 15.6. The van der Waals surface area contributed by atoms with E-state index in [-0.39, 0.29) is 5.56 Å². The summed E-state index contributed by atoms with van der Waals surface area (Å²) in [5.74, 6) is 0.116. The summed E-state index contributed by atoms with van der Waals surface area (Å²) < 4.78 is 5.53. The van der Waals surface area contributed by atoms with E-state index in [1.165, 1.54) is 6.07 Å². The van der Waals surface area contributed by atoms with Crippen molar-refractivity contribution in [2.24, 2.45) is 0 Å². The van der Waals surface area contributed by atoms with E-state index in [1.54, 1.807) is 25.1 Å². The Bertz CT molecular complexity index is 561. The van der Waals surface area contributed by atoms with Crippen LogP contribution in [0.15, 0.2) is 24.3 Å². The van der Waals surface area contributed by atoms with Crippen molar-refractivity contribution in [1.29, 1.82) is 0 Å². The van der Waals surface area contributed by atoms with Crippen LogP contribution in [0.25, 0.3) is 0 Å². The van der Waals surface area contributed by atoms with Gasteiger partial charge in [0.05, 0.1) is 5.56 Å². The van der Waals surface area contributed by atoms with E-state index in [9.17, 15) is 4.79 Å². The van der Waals surface area contributed by atoms with Crippen LogP contribution in [0.5, 0.6) is 11.6 Å². The lowest BCUT2D eigenvalue weighted by Gasteiger charge is -2.06. The van der Waals surface area contributed by atoms with Crippen molar-refractivity contribution in [2.75, 3.05) is 0 Å². The lowest BCUT2D eigenvalue weighted by atomic mass is 10.1. The number of carboxylic acid groups (broad SMARTS) is 1. The number of hydrogen-bond acceptors (Lipinski definition) is 3. The van der Waals surface area contributed by atoms with Crippen molar-refractivity contribution in [3.63, 3.8) is 0 Å². The first-order valence-corrected chi connectivity index (χ1v) is 5.10. The highest BCUT2D eigenvalue weighted by Crippen LogP contribution is 2.24. The van der Waals surface area contributed by atoms with E-state index in [4.69, 9.17) is 9.84 Å². The molecule has 1 heterocycles. The predicted molar refractivity (Wildman–Crippen MR) is 61.5 cm³/mol. The zero-order chi connectivity index (χ0) is 12.4. The molecule has 1 aromatic heterocycles. The lowest BCUT2D eigenvalue weighted by molar-refractivity contribution is 0.0697. The van der Waals surface area contributed by atoms with Gasteiger partial charge in [0, 0.05) is 11.8 Å². The number of aromatic carboxylic acids is 1. The molecule has 0 aliphatic heterocycles. The summed E-state index contributed by atoms with van der Waals surface area (Å²) in [7, 11) is 0. The number of nitrogens with zero attached hydrogens (tertiary/aromatic N) is 1. The Morgan fingerprint density at radius 1 is 1.35 bits per heavy atom. The van der Waals surface area contributed by atoms with Crippen molar-refractivity contribution >= 4 is 5.97 Å². The molecule has 2 aromatic rings. The number of ether oxygens (including phenoxy) is 1. The minimum atomic E-state index is -0.949. The Morgan fingerprint density at radius 3 is 2.65 bits per heavy atom. The van der Waals surface area contributed by atoms with E-state index < -0.39 is 5.97 Å². The molecule has 0 aliphatic carbocycles. The molecule has 0 saturated heterocycles. The fourth-order valence-corrected chi connectivity index (χ4v) is 1.45. The predicted octanol–water partition coefficient (Wildman–Crippen LogP) is 2.52. The number of aromatic nitrogens is 2. The largest absolute Gasteiger partial charge is 0.478 e. The zero-order valence-electron chi connectivity index (χ0n) is 9.52. The number of carbonyl (C=O) groups is 1.